The second-order valence-electron chi connectivity index (χ2n) is 7.58. The summed E-state index contributed by atoms with van der Waals surface area (Å²) < 4.78 is 5.73. The van der Waals surface area contributed by atoms with Gasteiger partial charge >= 0.3 is 0 Å². The van der Waals surface area contributed by atoms with E-state index in [0.717, 1.165) is 0 Å². The summed E-state index contributed by atoms with van der Waals surface area (Å²) in [7, 11) is 0. The summed E-state index contributed by atoms with van der Waals surface area (Å²) >= 11 is 0. The van der Waals surface area contributed by atoms with Crippen LogP contribution in [0.15, 0.2) is 30.3 Å². The second-order valence-corrected chi connectivity index (χ2v) is 7.58. The Morgan fingerprint density at radius 3 is 2.23 bits per heavy atom. The maximum atomic E-state index is 13.1. The van der Waals surface area contributed by atoms with E-state index in [4.69, 9.17) is 4.74 Å². The van der Waals surface area contributed by atoms with Gasteiger partial charge in [-0.3, -0.25) is 4.79 Å². The number of aromatic hydroxyl groups is 2. The van der Waals surface area contributed by atoms with Crippen molar-refractivity contribution in [2.75, 3.05) is 6.61 Å². The molecule has 6 atom stereocenters. The van der Waals surface area contributed by atoms with Crippen LogP contribution in [0.3, 0.4) is 0 Å². The lowest BCUT2D eigenvalue weighted by Crippen LogP contribution is -2.60. The van der Waals surface area contributed by atoms with Gasteiger partial charge in [0.05, 0.1) is 30.4 Å². The number of phenolic OH excluding ortho intramolecular Hbond substituents is 2. The first-order valence-electron chi connectivity index (χ1n) is 9.43. The molecule has 2 aromatic rings. The van der Waals surface area contributed by atoms with Gasteiger partial charge in [-0.2, -0.15) is 0 Å². The highest BCUT2D eigenvalue weighted by atomic mass is 16.5. The first-order valence-corrected chi connectivity index (χ1v) is 9.43. The zero-order chi connectivity index (χ0) is 21.7. The number of ketones is 1. The Balaban J connectivity index is 1.96. The minimum Gasteiger partial charge on any atom is -0.507 e. The molecule has 1 saturated heterocycles. The van der Waals surface area contributed by atoms with Crippen LogP contribution in [0.25, 0.3) is 0 Å². The first-order chi connectivity index (χ1) is 14.3. The quantitative estimate of drug-likeness (QED) is 0.334. The van der Waals surface area contributed by atoms with E-state index < -0.39 is 61.2 Å². The van der Waals surface area contributed by atoms with Crippen LogP contribution in [0.4, 0.5) is 0 Å². The van der Waals surface area contributed by atoms with Crippen LogP contribution in [0.1, 0.15) is 38.5 Å². The zero-order valence-electron chi connectivity index (χ0n) is 15.7. The van der Waals surface area contributed by atoms with Crippen molar-refractivity contribution in [2.24, 2.45) is 0 Å². The Morgan fingerprint density at radius 2 is 1.57 bits per heavy atom. The third-order valence-electron chi connectivity index (χ3n) is 5.85. The van der Waals surface area contributed by atoms with Crippen molar-refractivity contribution in [3.05, 3.63) is 58.1 Å². The van der Waals surface area contributed by atoms with Gasteiger partial charge in [0, 0.05) is 5.92 Å². The summed E-state index contributed by atoms with van der Waals surface area (Å²) in [5.41, 5.74) is 0.609. The Labute approximate surface area is 171 Å². The molecule has 1 fully saturated rings. The van der Waals surface area contributed by atoms with Gasteiger partial charge < -0.3 is 40.5 Å². The molecule has 2 aromatic carbocycles. The summed E-state index contributed by atoms with van der Waals surface area (Å²) in [6.07, 6.45) is -7.22. The van der Waals surface area contributed by atoms with Crippen LogP contribution >= 0.6 is 0 Å². The van der Waals surface area contributed by atoms with Crippen LogP contribution in [0.5, 0.6) is 11.5 Å². The van der Waals surface area contributed by atoms with Crippen LogP contribution in [0, 0.1) is 0 Å². The topological polar surface area (TPSA) is 168 Å². The predicted molar refractivity (Wildman–Crippen MR) is 101 cm³/mol. The van der Waals surface area contributed by atoms with Gasteiger partial charge in [0.2, 0.25) is 5.78 Å². The minimum absolute atomic E-state index is 0.0843. The molecule has 160 valence electrons. The highest BCUT2D eigenvalue weighted by molar-refractivity contribution is 6.16. The fourth-order valence-electron chi connectivity index (χ4n) is 4.41. The van der Waals surface area contributed by atoms with E-state index in [2.05, 4.69) is 0 Å². The molecule has 1 aliphatic carbocycles. The van der Waals surface area contributed by atoms with Crippen molar-refractivity contribution in [3.8, 4) is 11.5 Å². The lowest BCUT2D eigenvalue weighted by molar-refractivity contribution is -0.232. The number of phenols is 2. The molecule has 0 amide bonds. The minimum atomic E-state index is -1.64. The molecule has 0 bridgehead atoms. The predicted octanol–water partition coefficient (Wildman–Crippen LogP) is -0.891. The van der Waals surface area contributed by atoms with E-state index in [9.17, 15) is 40.5 Å². The average Bonchev–Trinajstić information content (AvgIpc) is 2.73. The number of aliphatic hydroxyl groups is 5. The van der Waals surface area contributed by atoms with E-state index in [1.54, 1.807) is 6.07 Å². The standard InChI is InChI=1S/C21H22O9/c22-6-8-4-10-14(21-20(29)19(28)17(26)13(7-23)30-21)9-2-1-3-11(24)15(9)18(27)16(10)12(25)5-8/h1-5,13-14,17,19-26,28-29H,6-7H2/t13?,14-,17?,19?,20?,21-/m0/s1. The van der Waals surface area contributed by atoms with Crippen LogP contribution in [-0.4, -0.2) is 78.7 Å². The van der Waals surface area contributed by atoms with Crippen LogP contribution < -0.4 is 0 Å². The summed E-state index contributed by atoms with van der Waals surface area (Å²) in [6, 6.07) is 7.06. The summed E-state index contributed by atoms with van der Waals surface area (Å²) in [5.74, 6) is -2.34. The fourth-order valence-corrected chi connectivity index (χ4v) is 4.41. The number of carbonyl (C=O) groups excluding carboxylic acids is 1. The molecule has 0 aromatic heterocycles. The van der Waals surface area contributed by atoms with Gasteiger partial charge in [-0.05, 0) is 28.8 Å². The van der Waals surface area contributed by atoms with Crippen molar-refractivity contribution >= 4 is 5.78 Å². The van der Waals surface area contributed by atoms with Crippen molar-refractivity contribution in [1.29, 1.82) is 0 Å². The third-order valence-corrected chi connectivity index (χ3v) is 5.85. The molecule has 0 radical (unpaired) electrons. The maximum absolute atomic E-state index is 13.1. The molecule has 0 saturated carbocycles. The fraction of sp³-hybridized carbons (Fsp3) is 0.381. The molecular weight excluding hydrogens is 396 g/mol. The molecular formula is C21H22O9. The number of carbonyl (C=O) groups is 1. The molecule has 4 rings (SSSR count). The number of benzene rings is 2. The van der Waals surface area contributed by atoms with E-state index in [1.807, 2.05) is 0 Å². The number of rotatable bonds is 3. The molecule has 2 aliphatic rings. The third kappa shape index (κ3) is 2.99. The van der Waals surface area contributed by atoms with Gasteiger partial charge in [-0.25, -0.2) is 0 Å². The monoisotopic (exact) mass is 418 g/mol. The van der Waals surface area contributed by atoms with E-state index in [1.165, 1.54) is 24.3 Å². The number of ether oxygens (including phenoxy) is 1. The normalized spacial score (nSPS) is 30.6. The van der Waals surface area contributed by atoms with E-state index in [0.29, 0.717) is 5.56 Å². The molecule has 9 nitrogen and oxygen atoms in total. The van der Waals surface area contributed by atoms with Crippen molar-refractivity contribution < 1.29 is 45.3 Å². The molecule has 9 heteroatoms. The summed E-state index contributed by atoms with van der Waals surface area (Å²) in [6.45, 7) is -1.06. The molecule has 1 aliphatic heterocycles. The van der Waals surface area contributed by atoms with Gasteiger partial charge in [0.1, 0.15) is 35.9 Å². The zero-order valence-corrected chi connectivity index (χ0v) is 15.7. The van der Waals surface area contributed by atoms with Crippen molar-refractivity contribution in [3.63, 3.8) is 0 Å². The van der Waals surface area contributed by atoms with Gasteiger partial charge in [0.25, 0.3) is 0 Å². The Kier molecular flexibility index (Phi) is 5.27. The Bertz CT molecular complexity index is 987. The van der Waals surface area contributed by atoms with E-state index in [-0.39, 0.29) is 28.0 Å². The summed E-state index contributed by atoms with van der Waals surface area (Å²) in [5, 5.41) is 71.0. The lowest BCUT2D eigenvalue weighted by Gasteiger charge is -2.45. The highest BCUT2D eigenvalue weighted by Gasteiger charge is 2.50. The number of hydrogen-bond acceptors (Lipinski definition) is 9. The van der Waals surface area contributed by atoms with E-state index >= 15 is 0 Å². The SMILES string of the molecule is O=C1c2c(O)cccc2[C@H]([C@@H]2OC(CO)C(O)C(O)C2O)c2cc(CO)cc(O)c21. The smallest absolute Gasteiger partial charge is 0.201 e. The second kappa shape index (κ2) is 7.62. The molecule has 0 spiro atoms. The maximum Gasteiger partial charge on any atom is 0.201 e. The Hall–Kier alpha value is -2.53. The highest BCUT2D eigenvalue weighted by Crippen LogP contribution is 2.47. The van der Waals surface area contributed by atoms with Gasteiger partial charge in [-0.1, -0.05) is 18.2 Å². The average molecular weight is 418 g/mol. The molecule has 4 unspecified atom stereocenters. The van der Waals surface area contributed by atoms with Crippen LogP contribution in [0.2, 0.25) is 0 Å². The first kappa shape index (κ1) is 20.7. The Morgan fingerprint density at radius 1 is 0.867 bits per heavy atom. The van der Waals surface area contributed by atoms with Gasteiger partial charge in [-0.15, -0.1) is 0 Å². The number of aliphatic hydroxyl groups excluding tert-OH is 5. The number of hydrogen-bond donors (Lipinski definition) is 7. The van der Waals surface area contributed by atoms with Crippen LogP contribution in [-0.2, 0) is 11.3 Å². The molecule has 1 heterocycles. The largest absolute Gasteiger partial charge is 0.507 e. The lowest BCUT2D eigenvalue weighted by atomic mass is 9.71. The van der Waals surface area contributed by atoms with Gasteiger partial charge in [0.15, 0.2) is 0 Å². The summed E-state index contributed by atoms with van der Waals surface area (Å²) in [4.78, 5) is 13.1. The molecule has 7 N–H and O–H groups in total. The molecule has 30 heavy (non-hydrogen) atoms. The van der Waals surface area contributed by atoms with Crippen molar-refractivity contribution in [2.45, 2.75) is 43.0 Å². The van der Waals surface area contributed by atoms with Crippen molar-refractivity contribution in [1.82, 2.24) is 0 Å². The number of fused-ring (bicyclic) bond motifs is 2.